The van der Waals surface area contributed by atoms with Crippen LogP contribution in [0.3, 0.4) is 0 Å². The summed E-state index contributed by atoms with van der Waals surface area (Å²) >= 11 is 0. The number of nitrogens with one attached hydrogen (secondary N) is 2. The summed E-state index contributed by atoms with van der Waals surface area (Å²) in [5.74, 6) is 2.14. The second kappa shape index (κ2) is 6.20. The van der Waals surface area contributed by atoms with Gasteiger partial charge in [-0.1, -0.05) is 0 Å². The maximum atomic E-state index is 7.78. The lowest BCUT2D eigenvalue weighted by atomic mass is 10.0. The van der Waals surface area contributed by atoms with Crippen molar-refractivity contribution in [3.63, 3.8) is 0 Å². The van der Waals surface area contributed by atoms with Gasteiger partial charge in [-0.15, -0.1) is 0 Å². The molecule has 122 valence electrons. The summed E-state index contributed by atoms with van der Waals surface area (Å²) in [7, 11) is 3.26. The monoisotopic (exact) mass is 315 g/mol. The number of ether oxygens (including phenoxy) is 2. The minimum absolute atomic E-state index is 0.108. The summed E-state index contributed by atoms with van der Waals surface area (Å²) in [6.45, 7) is 0.848. The molecule has 2 aromatic rings. The van der Waals surface area contributed by atoms with Crippen molar-refractivity contribution in [2.45, 2.75) is 19.3 Å². The normalized spacial score (nSPS) is 13.7. The number of nitrogen functional groups attached to an aromatic ring is 1. The number of benzene rings is 1. The first kappa shape index (κ1) is 15.2. The lowest BCUT2D eigenvalue weighted by Gasteiger charge is -2.10. The Morgan fingerprint density at radius 2 is 2.13 bits per heavy atom. The van der Waals surface area contributed by atoms with Crippen molar-refractivity contribution in [3.8, 4) is 22.8 Å². The van der Waals surface area contributed by atoms with Gasteiger partial charge in [0, 0.05) is 17.7 Å². The molecular formula is C16H21N5O2. The maximum absolute atomic E-state index is 7.78. The topological polar surface area (TPSA) is 98.2 Å². The van der Waals surface area contributed by atoms with Crippen molar-refractivity contribution in [3.05, 3.63) is 23.8 Å². The van der Waals surface area contributed by atoms with Crippen LogP contribution in [-0.2, 0) is 6.42 Å². The molecule has 0 radical (unpaired) electrons. The number of nitrogens with zero attached hydrogens (tertiary/aromatic N) is 2. The molecule has 7 heteroatoms. The van der Waals surface area contributed by atoms with Gasteiger partial charge >= 0.3 is 0 Å². The minimum atomic E-state index is -0.108. The zero-order valence-electron chi connectivity index (χ0n) is 13.3. The van der Waals surface area contributed by atoms with E-state index in [1.807, 2.05) is 18.2 Å². The second-order valence-corrected chi connectivity index (χ2v) is 5.42. The number of hydrogen-bond acceptors (Lipinski definition) is 5. The van der Waals surface area contributed by atoms with Gasteiger partial charge in [0.05, 0.1) is 14.2 Å². The van der Waals surface area contributed by atoms with E-state index in [1.54, 1.807) is 14.2 Å². The Bertz CT molecular complexity index is 738. The van der Waals surface area contributed by atoms with Crippen molar-refractivity contribution in [1.29, 1.82) is 5.41 Å². The van der Waals surface area contributed by atoms with Crippen LogP contribution in [0.5, 0.6) is 11.5 Å². The summed E-state index contributed by atoms with van der Waals surface area (Å²) in [6, 6.07) is 5.61. The van der Waals surface area contributed by atoms with Gasteiger partial charge in [0.25, 0.3) is 0 Å². The highest BCUT2D eigenvalue weighted by molar-refractivity contribution is 5.85. The van der Waals surface area contributed by atoms with Gasteiger partial charge in [0.2, 0.25) is 5.96 Å². The van der Waals surface area contributed by atoms with E-state index in [9.17, 15) is 0 Å². The molecule has 0 unspecified atom stereocenters. The summed E-state index contributed by atoms with van der Waals surface area (Å²) in [4.78, 5) is 0. The third-order valence-corrected chi connectivity index (χ3v) is 4.02. The largest absolute Gasteiger partial charge is 0.497 e. The Morgan fingerprint density at radius 1 is 1.30 bits per heavy atom. The fourth-order valence-electron chi connectivity index (χ4n) is 2.89. The number of methoxy groups -OCH3 is 2. The summed E-state index contributed by atoms with van der Waals surface area (Å²) in [6.07, 6.45) is 3.01. The van der Waals surface area contributed by atoms with Gasteiger partial charge in [-0.3, -0.25) is 5.41 Å². The molecule has 7 nitrogen and oxygen atoms in total. The highest BCUT2D eigenvalue weighted by Crippen LogP contribution is 2.38. The molecule has 23 heavy (non-hydrogen) atoms. The van der Waals surface area contributed by atoms with Gasteiger partial charge in [-0.25, -0.2) is 0 Å². The Kier molecular flexibility index (Phi) is 4.10. The van der Waals surface area contributed by atoms with Crippen molar-refractivity contribution < 1.29 is 9.47 Å². The quantitative estimate of drug-likeness (QED) is 0.595. The maximum Gasteiger partial charge on any atom is 0.215 e. The molecule has 2 heterocycles. The summed E-state index contributed by atoms with van der Waals surface area (Å²) in [5, 5.41) is 15.7. The zero-order valence-corrected chi connectivity index (χ0v) is 13.3. The first-order chi connectivity index (χ1) is 11.2. The van der Waals surface area contributed by atoms with Crippen molar-refractivity contribution in [2.24, 2.45) is 5.73 Å². The molecule has 0 saturated carbocycles. The van der Waals surface area contributed by atoms with E-state index in [4.69, 9.17) is 20.6 Å². The van der Waals surface area contributed by atoms with Crippen LogP contribution in [0.2, 0.25) is 0 Å². The van der Waals surface area contributed by atoms with Gasteiger partial charge < -0.3 is 20.5 Å². The molecule has 4 N–H and O–H groups in total. The molecule has 1 aromatic carbocycles. The number of hydrogen-bond donors (Lipinski definition) is 3. The van der Waals surface area contributed by atoms with Gasteiger partial charge in [0.15, 0.2) is 0 Å². The van der Waals surface area contributed by atoms with Crippen LogP contribution in [0, 0.1) is 5.41 Å². The van der Waals surface area contributed by atoms with E-state index >= 15 is 0 Å². The molecule has 0 fully saturated rings. The molecule has 0 amide bonds. The minimum Gasteiger partial charge on any atom is -0.497 e. The van der Waals surface area contributed by atoms with Crippen molar-refractivity contribution >= 4 is 11.8 Å². The Balaban J connectivity index is 2.22. The number of aromatic nitrogens is 2. The Hall–Kier alpha value is -2.70. The third-order valence-electron chi connectivity index (χ3n) is 4.02. The molecule has 3 rings (SSSR count). The average Bonchev–Trinajstić information content (AvgIpc) is 2.75. The van der Waals surface area contributed by atoms with Gasteiger partial charge in [-0.05, 0) is 37.5 Å². The molecule has 0 aliphatic carbocycles. The number of rotatable bonds is 3. The van der Waals surface area contributed by atoms with E-state index < -0.39 is 0 Å². The molecule has 1 aliphatic heterocycles. The van der Waals surface area contributed by atoms with Crippen molar-refractivity contribution in [1.82, 2.24) is 9.78 Å². The molecule has 0 saturated heterocycles. The molecular weight excluding hydrogens is 294 g/mol. The highest BCUT2D eigenvalue weighted by Gasteiger charge is 2.24. The predicted octanol–water partition coefficient (Wildman–Crippen LogP) is 2.06. The third kappa shape index (κ3) is 2.69. The van der Waals surface area contributed by atoms with Crippen LogP contribution in [-0.4, -0.2) is 36.5 Å². The summed E-state index contributed by atoms with van der Waals surface area (Å²) in [5.41, 5.74) is 8.37. The number of anilines is 1. The number of fused-ring (bicyclic) bond motifs is 1. The van der Waals surface area contributed by atoms with E-state index in [2.05, 4.69) is 10.4 Å². The standard InChI is InChI=1S/C16H21N5O2/c1-22-10-6-7-13(23-2)12(9-10)14-11-5-3-4-8-19-15(11)21(20-14)16(17)18/h6-7,9,19H,3-5,8H2,1-2H3,(H3,17,18). The second-order valence-electron chi connectivity index (χ2n) is 5.42. The SMILES string of the molecule is COc1ccc(OC)c(-c2nn(C(=N)N)c3c2CCCCN3)c1. The lowest BCUT2D eigenvalue weighted by Crippen LogP contribution is -2.24. The molecule has 0 bridgehead atoms. The van der Waals surface area contributed by atoms with Crippen LogP contribution in [0.1, 0.15) is 18.4 Å². The Morgan fingerprint density at radius 3 is 2.83 bits per heavy atom. The first-order valence-electron chi connectivity index (χ1n) is 7.58. The fraction of sp³-hybridized carbons (Fsp3) is 0.375. The smallest absolute Gasteiger partial charge is 0.215 e. The van der Waals surface area contributed by atoms with Crippen LogP contribution < -0.4 is 20.5 Å². The van der Waals surface area contributed by atoms with Gasteiger partial charge in [-0.2, -0.15) is 9.78 Å². The molecule has 0 atom stereocenters. The average molecular weight is 315 g/mol. The zero-order chi connectivity index (χ0) is 16.4. The lowest BCUT2D eigenvalue weighted by molar-refractivity contribution is 0.404. The van der Waals surface area contributed by atoms with Crippen LogP contribution in [0.15, 0.2) is 18.2 Å². The predicted molar refractivity (Wildman–Crippen MR) is 89.5 cm³/mol. The number of nitrogens with two attached hydrogens (primary N) is 1. The fourth-order valence-corrected chi connectivity index (χ4v) is 2.89. The highest BCUT2D eigenvalue weighted by atomic mass is 16.5. The van der Waals surface area contributed by atoms with E-state index in [1.165, 1.54) is 4.68 Å². The van der Waals surface area contributed by atoms with Gasteiger partial charge in [0.1, 0.15) is 23.0 Å². The molecule has 0 spiro atoms. The molecule has 1 aliphatic rings. The first-order valence-corrected chi connectivity index (χ1v) is 7.58. The van der Waals surface area contributed by atoms with Crippen LogP contribution in [0.4, 0.5) is 5.82 Å². The van der Waals surface area contributed by atoms with E-state index in [0.29, 0.717) is 5.75 Å². The van der Waals surface area contributed by atoms with Crippen LogP contribution >= 0.6 is 0 Å². The van der Waals surface area contributed by atoms with Crippen LogP contribution in [0.25, 0.3) is 11.3 Å². The van der Waals surface area contributed by atoms with E-state index in [-0.39, 0.29) is 5.96 Å². The van der Waals surface area contributed by atoms with Crippen molar-refractivity contribution in [2.75, 3.05) is 26.1 Å². The summed E-state index contributed by atoms with van der Waals surface area (Å²) < 4.78 is 12.3. The Labute approximate surface area is 134 Å². The molecule has 1 aromatic heterocycles. The van der Waals surface area contributed by atoms with E-state index in [0.717, 1.165) is 54.2 Å².